The summed E-state index contributed by atoms with van der Waals surface area (Å²) in [5.41, 5.74) is 1.26. The van der Waals surface area contributed by atoms with Gasteiger partial charge in [0.1, 0.15) is 11.3 Å². The van der Waals surface area contributed by atoms with Crippen molar-refractivity contribution in [1.82, 2.24) is 24.9 Å². The van der Waals surface area contributed by atoms with E-state index in [1.807, 2.05) is 12.1 Å². The molecule has 0 atom stereocenters. The van der Waals surface area contributed by atoms with Crippen molar-refractivity contribution < 1.29 is 19.4 Å². The fourth-order valence-corrected chi connectivity index (χ4v) is 6.40. The first-order chi connectivity index (χ1) is 17.5. The van der Waals surface area contributed by atoms with Crippen molar-refractivity contribution in [2.75, 3.05) is 39.5 Å². The SMILES string of the molecule is O=C(Cc1cn2c(C(=O)NCC3(N4CCOCC4)CCCCC3)cccc2n1)NC1(CO)CCCC1. The van der Waals surface area contributed by atoms with Gasteiger partial charge in [-0.05, 0) is 37.8 Å². The molecule has 5 rings (SSSR count). The lowest BCUT2D eigenvalue weighted by Crippen LogP contribution is -2.59. The summed E-state index contributed by atoms with van der Waals surface area (Å²) in [6.07, 6.45) is 11.3. The van der Waals surface area contributed by atoms with Crippen molar-refractivity contribution in [3.63, 3.8) is 0 Å². The Labute approximate surface area is 212 Å². The van der Waals surface area contributed by atoms with Crippen molar-refractivity contribution in [3.8, 4) is 0 Å². The number of hydrogen-bond donors (Lipinski definition) is 3. The Kier molecular flexibility index (Phi) is 7.60. The van der Waals surface area contributed by atoms with E-state index in [1.165, 1.54) is 19.3 Å². The molecule has 2 aromatic rings. The maximum absolute atomic E-state index is 13.4. The average molecular weight is 498 g/mol. The predicted octanol–water partition coefficient (Wildman–Crippen LogP) is 2.06. The number of imidazole rings is 1. The molecule has 196 valence electrons. The zero-order valence-corrected chi connectivity index (χ0v) is 21.1. The molecular formula is C27H39N5O4. The molecule has 0 aromatic carbocycles. The molecule has 2 saturated carbocycles. The number of nitrogens with zero attached hydrogens (tertiary/aromatic N) is 3. The molecule has 9 nitrogen and oxygen atoms in total. The summed E-state index contributed by atoms with van der Waals surface area (Å²) in [7, 11) is 0. The highest BCUT2D eigenvalue weighted by Gasteiger charge is 2.39. The fourth-order valence-electron chi connectivity index (χ4n) is 6.40. The quantitative estimate of drug-likeness (QED) is 0.515. The van der Waals surface area contributed by atoms with Gasteiger partial charge in [-0.3, -0.25) is 18.9 Å². The molecule has 3 fully saturated rings. The van der Waals surface area contributed by atoms with E-state index in [1.54, 1.807) is 16.7 Å². The minimum Gasteiger partial charge on any atom is -0.394 e. The lowest BCUT2D eigenvalue weighted by Gasteiger charge is -2.48. The van der Waals surface area contributed by atoms with Crippen LogP contribution < -0.4 is 10.6 Å². The van der Waals surface area contributed by atoms with E-state index in [4.69, 9.17) is 4.74 Å². The van der Waals surface area contributed by atoms with E-state index in [2.05, 4.69) is 20.5 Å². The summed E-state index contributed by atoms with van der Waals surface area (Å²) in [4.78, 5) is 33.2. The minimum absolute atomic E-state index is 0.00727. The summed E-state index contributed by atoms with van der Waals surface area (Å²) in [6.45, 7) is 3.90. The van der Waals surface area contributed by atoms with Gasteiger partial charge in [0, 0.05) is 31.4 Å². The Morgan fingerprint density at radius 2 is 1.75 bits per heavy atom. The number of aromatic nitrogens is 2. The summed E-state index contributed by atoms with van der Waals surface area (Å²) < 4.78 is 7.35. The maximum atomic E-state index is 13.4. The predicted molar refractivity (Wildman–Crippen MR) is 136 cm³/mol. The van der Waals surface area contributed by atoms with Crippen LogP contribution >= 0.6 is 0 Å². The molecule has 1 aliphatic heterocycles. The summed E-state index contributed by atoms with van der Waals surface area (Å²) >= 11 is 0. The van der Waals surface area contributed by atoms with Crippen LogP contribution in [0.5, 0.6) is 0 Å². The van der Waals surface area contributed by atoms with Crippen LogP contribution in [0.4, 0.5) is 0 Å². The van der Waals surface area contributed by atoms with Crippen molar-refractivity contribution in [2.24, 2.45) is 0 Å². The van der Waals surface area contributed by atoms with E-state index in [0.717, 1.165) is 64.8 Å². The Hall–Kier alpha value is -2.49. The van der Waals surface area contributed by atoms with Gasteiger partial charge in [0.25, 0.3) is 5.91 Å². The number of fused-ring (bicyclic) bond motifs is 1. The molecule has 9 heteroatoms. The molecule has 2 aromatic heterocycles. The third-order valence-electron chi connectivity index (χ3n) is 8.43. The highest BCUT2D eigenvalue weighted by atomic mass is 16.5. The first kappa shape index (κ1) is 25.2. The molecule has 2 aliphatic carbocycles. The van der Waals surface area contributed by atoms with E-state index < -0.39 is 5.54 Å². The first-order valence-electron chi connectivity index (χ1n) is 13.5. The molecule has 36 heavy (non-hydrogen) atoms. The van der Waals surface area contributed by atoms with E-state index in [0.29, 0.717) is 23.6 Å². The van der Waals surface area contributed by atoms with Crippen molar-refractivity contribution in [1.29, 1.82) is 0 Å². The smallest absolute Gasteiger partial charge is 0.268 e. The minimum atomic E-state index is -0.503. The number of amides is 2. The zero-order chi connectivity index (χ0) is 25.0. The van der Waals surface area contributed by atoms with Crippen LogP contribution in [0.1, 0.15) is 74.0 Å². The lowest BCUT2D eigenvalue weighted by atomic mass is 9.79. The number of aliphatic hydroxyl groups is 1. The average Bonchev–Trinajstić information content (AvgIpc) is 3.55. The molecule has 0 bridgehead atoms. The van der Waals surface area contributed by atoms with Gasteiger partial charge in [-0.25, -0.2) is 4.98 Å². The number of morpholine rings is 1. The maximum Gasteiger partial charge on any atom is 0.268 e. The number of aliphatic hydroxyl groups excluding tert-OH is 1. The standard InChI is InChI=1S/C27H39N5O4/c33-20-26(9-4-5-10-26)30-24(34)17-21-18-32-22(7-6-8-23(32)29-21)25(35)28-19-27(11-2-1-3-12-27)31-13-15-36-16-14-31/h6-8,18,33H,1-5,9-17,19-20H2,(H,28,35)(H,30,34). The van der Waals surface area contributed by atoms with Crippen LogP contribution in [0, 0.1) is 0 Å². The molecule has 3 N–H and O–H groups in total. The number of pyridine rings is 1. The topological polar surface area (TPSA) is 108 Å². The van der Waals surface area contributed by atoms with Gasteiger partial charge in [0.15, 0.2) is 0 Å². The number of carbonyl (C=O) groups excluding carboxylic acids is 2. The highest BCUT2D eigenvalue weighted by molar-refractivity contribution is 5.93. The summed E-state index contributed by atoms with van der Waals surface area (Å²) in [5.74, 6) is -0.275. The van der Waals surface area contributed by atoms with Gasteiger partial charge in [0.05, 0.1) is 37.5 Å². The number of carbonyl (C=O) groups is 2. The van der Waals surface area contributed by atoms with Gasteiger partial charge in [-0.15, -0.1) is 0 Å². The molecule has 1 saturated heterocycles. The molecule has 2 amide bonds. The molecule has 3 heterocycles. The van der Waals surface area contributed by atoms with E-state index in [-0.39, 0.29) is 30.4 Å². The first-order valence-corrected chi connectivity index (χ1v) is 13.5. The number of rotatable bonds is 8. The van der Waals surface area contributed by atoms with Crippen LogP contribution in [0.2, 0.25) is 0 Å². The van der Waals surface area contributed by atoms with Crippen LogP contribution in [-0.2, 0) is 16.0 Å². The Balaban J connectivity index is 1.27. The highest BCUT2D eigenvalue weighted by Crippen LogP contribution is 2.34. The second-order valence-electron chi connectivity index (χ2n) is 10.8. The van der Waals surface area contributed by atoms with Crippen LogP contribution in [-0.4, -0.2) is 81.7 Å². The van der Waals surface area contributed by atoms with Crippen LogP contribution in [0.25, 0.3) is 5.65 Å². The second kappa shape index (κ2) is 10.9. The van der Waals surface area contributed by atoms with E-state index >= 15 is 0 Å². The number of nitrogens with one attached hydrogen (secondary N) is 2. The summed E-state index contributed by atoms with van der Waals surface area (Å²) in [6, 6.07) is 5.48. The van der Waals surface area contributed by atoms with Crippen molar-refractivity contribution in [3.05, 3.63) is 35.8 Å². The molecular weight excluding hydrogens is 458 g/mol. The van der Waals surface area contributed by atoms with Crippen LogP contribution in [0.15, 0.2) is 24.4 Å². The number of ether oxygens (including phenoxy) is 1. The Morgan fingerprint density at radius 1 is 1.03 bits per heavy atom. The fraction of sp³-hybridized carbons (Fsp3) is 0.667. The zero-order valence-electron chi connectivity index (χ0n) is 21.1. The largest absolute Gasteiger partial charge is 0.394 e. The van der Waals surface area contributed by atoms with Gasteiger partial charge in [-0.2, -0.15) is 0 Å². The molecule has 0 radical (unpaired) electrons. The van der Waals surface area contributed by atoms with Crippen LogP contribution in [0.3, 0.4) is 0 Å². The van der Waals surface area contributed by atoms with Gasteiger partial charge < -0.3 is 20.5 Å². The van der Waals surface area contributed by atoms with Gasteiger partial charge in [-0.1, -0.05) is 38.2 Å². The second-order valence-corrected chi connectivity index (χ2v) is 10.8. The van der Waals surface area contributed by atoms with Gasteiger partial charge in [0.2, 0.25) is 5.91 Å². The third-order valence-corrected chi connectivity index (χ3v) is 8.43. The Bertz CT molecular complexity index is 1070. The van der Waals surface area contributed by atoms with E-state index in [9.17, 15) is 14.7 Å². The lowest BCUT2D eigenvalue weighted by molar-refractivity contribution is -0.123. The molecule has 0 spiro atoms. The normalized spacial score (nSPS) is 21.9. The summed E-state index contributed by atoms with van der Waals surface area (Å²) in [5, 5.41) is 16.1. The number of hydrogen-bond acceptors (Lipinski definition) is 6. The van der Waals surface area contributed by atoms with Crippen molar-refractivity contribution in [2.45, 2.75) is 75.3 Å². The van der Waals surface area contributed by atoms with Gasteiger partial charge >= 0.3 is 0 Å². The third kappa shape index (κ3) is 5.28. The monoisotopic (exact) mass is 497 g/mol. The molecule has 0 unspecified atom stereocenters. The molecule has 3 aliphatic rings. The van der Waals surface area contributed by atoms with Crippen molar-refractivity contribution >= 4 is 17.5 Å². The Morgan fingerprint density at radius 3 is 2.47 bits per heavy atom.